The van der Waals surface area contributed by atoms with Crippen molar-refractivity contribution in [3.8, 4) is 0 Å². The van der Waals surface area contributed by atoms with Crippen LogP contribution in [0.15, 0.2) is 4.99 Å². The van der Waals surface area contributed by atoms with Crippen LogP contribution in [0, 0.1) is 52.3 Å². The van der Waals surface area contributed by atoms with E-state index in [1.54, 1.807) is 13.8 Å². The van der Waals surface area contributed by atoms with E-state index >= 15 is 0 Å². The number of ketones is 1. The van der Waals surface area contributed by atoms with Gasteiger partial charge in [-0.2, -0.15) is 0 Å². The molecule has 0 bridgehead atoms. The number of ether oxygens (including phenoxy) is 1. The molecular formula is C42H73N3O8. The molecule has 11 heteroatoms. The van der Waals surface area contributed by atoms with E-state index in [9.17, 15) is 35.4 Å². The number of fused-ring (bicyclic) bond motifs is 5. The van der Waals surface area contributed by atoms with Crippen molar-refractivity contribution in [2.24, 2.45) is 63.0 Å². The van der Waals surface area contributed by atoms with Crippen LogP contribution in [0.5, 0.6) is 0 Å². The lowest BCUT2D eigenvalue weighted by atomic mass is 9.40. The number of unbranched alkanes of at least 4 members (excludes halogenated alkanes) is 3. The Bertz CT molecular complexity index is 1300. The number of hydrogen-bond donors (Lipinski definition) is 8. The molecule has 0 aromatic heterocycles. The third kappa shape index (κ3) is 7.35. The highest BCUT2D eigenvalue weighted by Gasteiger charge is 2.74. The number of nitrogens with zero attached hydrogens (tertiary/aromatic N) is 1. The maximum atomic E-state index is 14.9. The molecule has 6 aliphatic rings. The molecule has 4 aliphatic carbocycles. The highest BCUT2D eigenvalue weighted by molar-refractivity contribution is 6.42. The zero-order chi connectivity index (χ0) is 38.5. The Hall–Kier alpha value is -1.02. The van der Waals surface area contributed by atoms with E-state index in [-0.39, 0.29) is 43.2 Å². The SMILES string of the molecule is CCCCCCC1COC(C(O)C(C)(O)C2CCC3(O)C4C(=NCC(C)O)C(=O)C5CC(O)C(O)CC5(CCC5CCC(N)NC5)C4CCC23C)C1C. The predicted molar refractivity (Wildman–Crippen MR) is 204 cm³/mol. The molecule has 304 valence electrons. The van der Waals surface area contributed by atoms with Gasteiger partial charge in [0.1, 0.15) is 6.10 Å². The number of rotatable bonds is 13. The van der Waals surface area contributed by atoms with E-state index in [1.165, 1.54) is 19.3 Å². The number of carbonyl (C=O) groups is 1. The lowest BCUT2D eigenvalue weighted by Gasteiger charge is -2.65. The summed E-state index contributed by atoms with van der Waals surface area (Å²) in [5.41, 5.74) is 1.91. The number of aliphatic imine (C=N–C) groups is 1. The summed E-state index contributed by atoms with van der Waals surface area (Å²) in [6.45, 7) is 11.1. The second-order valence-corrected chi connectivity index (χ2v) is 19.3. The Morgan fingerprint density at radius 1 is 1.08 bits per heavy atom. The van der Waals surface area contributed by atoms with Gasteiger partial charge < -0.3 is 46.4 Å². The summed E-state index contributed by atoms with van der Waals surface area (Å²) >= 11 is 0. The molecule has 2 aliphatic heterocycles. The van der Waals surface area contributed by atoms with E-state index in [1.807, 2.05) is 6.92 Å². The van der Waals surface area contributed by atoms with Crippen LogP contribution in [-0.2, 0) is 9.53 Å². The summed E-state index contributed by atoms with van der Waals surface area (Å²) in [5, 5.41) is 73.9. The Kier molecular flexibility index (Phi) is 12.6. The smallest absolute Gasteiger partial charge is 0.180 e. The molecule has 17 atom stereocenters. The minimum atomic E-state index is -1.57. The van der Waals surface area contributed by atoms with Gasteiger partial charge in [0.2, 0.25) is 0 Å². The van der Waals surface area contributed by atoms with Crippen LogP contribution < -0.4 is 11.1 Å². The molecule has 0 radical (unpaired) electrons. The molecule has 11 nitrogen and oxygen atoms in total. The molecule has 0 aromatic rings. The number of hydrogen-bond acceptors (Lipinski definition) is 11. The molecule has 53 heavy (non-hydrogen) atoms. The zero-order valence-electron chi connectivity index (χ0n) is 33.3. The maximum Gasteiger partial charge on any atom is 0.180 e. The summed E-state index contributed by atoms with van der Waals surface area (Å²) in [6.07, 6.45) is 7.07. The first-order chi connectivity index (χ1) is 25.0. The fourth-order valence-electron chi connectivity index (χ4n) is 12.9. The number of carbonyl (C=O) groups excluding carboxylic acids is 1. The van der Waals surface area contributed by atoms with E-state index in [4.69, 9.17) is 15.5 Å². The van der Waals surface area contributed by atoms with Crippen molar-refractivity contribution in [3.63, 3.8) is 0 Å². The number of aliphatic hydroxyl groups excluding tert-OH is 4. The molecule has 17 unspecified atom stereocenters. The average molecular weight is 748 g/mol. The summed E-state index contributed by atoms with van der Waals surface area (Å²) < 4.78 is 6.27. The average Bonchev–Trinajstić information content (AvgIpc) is 3.62. The van der Waals surface area contributed by atoms with Crippen LogP contribution in [-0.4, -0.2) is 110 Å². The van der Waals surface area contributed by atoms with Gasteiger partial charge in [-0.25, -0.2) is 0 Å². The van der Waals surface area contributed by atoms with Crippen LogP contribution >= 0.6 is 0 Å². The molecule has 2 heterocycles. The van der Waals surface area contributed by atoms with Crippen molar-refractivity contribution in [3.05, 3.63) is 0 Å². The van der Waals surface area contributed by atoms with E-state index < -0.39 is 70.3 Å². The van der Waals surface area contributed by atoms with Gasteiger partial charge in [0.25, 0.3) is 0 Å². The molecular weight excluding hydrogens is 674 g/mol. The van der Waals surface area contributed by atoms with Gasteiger partial charge in [-0.1, -0.05) is 46.5 Å². The summed E-state index contributed by atoms with van der Waals surface area (Å²) in [4.78, 5) is 19.7. The largest absolute Gasteiger partial charge is 0.391 e. The number of Topliss-reactive ketones (excluding diaryl/α,β-unsaturated/α-hetero) is 1. The van der Waals surface area contributed by atoms with Crippen LogP contribution in [0.3, 0.4) is 0 Å². The number of nitrogens with two attached hydrogens (primary N) is 1. The Morgan fingerprint density at radius 2 is 1.83 bits per heavy atom. The second-order valence-electron chi connectivity index (χ2n) is 19.3. The molecule has 0 aromatic carbocycles. The Morgan fingerprint density at radius 3 is 2.51 bits per heavy atom. The van der Waals surface area contributed by atoms with E-state index in [0.717, 1.165) is 38.6 Å². The van der Waals surface area contributed by atoms with Gasteiger partial charge in [-0.3, -0.25) is 9.79 Å². The van der Waals surface area contributed by atoms with Crippen molar-refractivity contribution in [1.82, 2.24) is 5.32 Å². The van der Waals surface area contributed by atoms with Gasteiger partial charge in [-0.05, 0) is 126 Å². The molecule has 2 saturated heterocycles. The predicted octanol–water partition coefficient (Wildman–Crippen LogP) is 3.48. The molecule has 4 saturated carbocycles. The lowest BCUT2D eigenvalue weighted by molar-refractivity contribution is -0.224. The van der Waals surface area contributed by atoms with Gasteiger partial charge >= 0.3 is 0 Å². The normalized spacial score (nSPS) is 47.4. The van der Waals surface area contributed by atoms with Crippen molar-refractivity contribution >= 4 is 11.5 Å². The quantitative estimate of drug-likeness (QED) is 0.129. The van der Waals surface area contributed by atoms with Crippen LogP contribution in [0.4, 0.5) is 0 Å². The molecule has 6 rings (SSSR count). The zero-order valence-corrected chi connectivity index (χ0v) is 33.3. The van der Waals surface area contributed by atoms with Crippen molar-refractivity contribution in [2.75, 3.05) is 19.7 Å². The van der Waals surface area contributed by atoms with Crippen molar-refractivity contribution in [2.45, 2.75) is 179 Å². The number of nitrogens with one attached hydrogen (secondary N) is 1. The summed E-state index contributed by atoms with van der Waals surface area (Å²) in [7, 11) is 0. The first kappa shape index (κ1) is 41.6. The molecule has 0 spiro atoms. The van der Waals surface area contributed by atoms with Gasteiger partial charge in [0, 0.05) is 17.3 Å². The van der Waals surface area contributed by atoms with Gasteiger partial charge in [0.05, 0.1) is 60.6 Å². The first-order valence-corrected chi connectivity index (χ1v) is 21.4. The third-order valence-electron chi connectivity index (χ3n) is 16.2. The van der Waals surface area contributed by atoms with E-state index in [2.05, 4.69) is 19.2 Å². The fraction of sp³-hybridized carbons (Fsp3) is 0.952. The van der Waals surface area contributed by atoms with Crippen LogP contribution in [0.2, 0.25) is 0 Å². The van der Waals surface area contributed by atoms with Crippen molar-refractivity contribution < 1.29 is 40.2 Å². The Balaban J connectivity index is 1.32. The number of piperidine rings is 1. The summed E-state index contributed by atoms with van der Waals surface area (Å²) in [5.74, 6) is -1.32. The third-order valence-corrected chi connectivity index (χ3v) is 16.2. The molecule has 6 fully saturated rings. The van der Waals surface area contributed by atoms with Crippen LogP contribution in [0.1, 0.15) is 131 Å². The topological polar surface area (TPSA) is 198 Å². The standard InChI is InChI=1S/C42H73N3O8/c1-6-7-8-9-10-27-23-53-37(25(27)3)38(50)40(5,51)32-15-18-42(52)34-28(14-16-39(32,42)4)41(17-13-26-11-12-33(43)44-22-26)20-31(48)30(47)19-29(41)36(49)35(34)45-21-24(2)46/h24-34,37-38,44,46-48,50-52H,6-23,43H2,1-5H3. The maximum absolute atomic E-state index is 14.9. The van der Waals surface area contributed by atoms with E-state index in [0.29, 0.717) is 56.3 Å². The van der Waals surface area contributed by atoms with Crippen molar-refractivity contribution in [1.29, 1.82) is 0 Å². The summed E-state index contributed by atoms with van der Waals surface area (Å²) in [6, 6.07) is 0. The molecule has 9 N–H and O–H groups in total. The van der Waals surface area contributed by atoms with Crippen LogP contribution in [0.25, 0.3) is 0 Å². The van der Waals surface area contributed by atoms with Gasteiger partial charge in [-0.15, -0.1) is 0 Å². The minimum Gasteiger partial charge on any atom is -0.391 e. The van der Waals surface area contributed by atoms with Gasteiger partial charge in [0.15, 0.2) is 5.78 Å². The highest BCUT2D eigenvalue weighted by atomic mass is 16.5. The minimum absolute atomic E-state index is 0.0196. The highest BCUT2D eigenvalue weighted by Crippen LogP contribution is 2.70. The second kappa shape index (κ2) is 16.1. The molecule has 0 amide bonds. The number of aliphatic hydroxyl groups is 6. The Labute approximate surface area is 317 Å². The monoisotopic (exact) mass is 748 g/mol. The first-order valence-electron chi connectivity index (χ1n) is 21.4. The lowest BCUT2D eigenvalue weighted by Crippen LogP contribution is -2.70. The fourth-order valence-corrected chi connectivity index (χ4v) is 12.9.